The van der Waals surface area contributed by atoms with E-state index < -0.39 is 0 Å². The van der Waals surface area contributed by atoms with Crippen molar-refractivity contribution in [1.29, 1.82) is 0 Å². The van der Waals surface area contributed by atoms with Crippen LogP contribution in [0.1, 0.15) is 11.1 Å². The van der Waals surface area contributed by atoms with Crippen LogP contribution in [0.4, 0.5) is 0 Å². The molecule has 2 aromatic carbocycles. The molecule has 0 unspecified atom stereocenters. The molecule has 0 aliphatic rings. The van der Waals surface area contributed by atoms with Crippen LogP contribution in [0.25, 0.3) is 16.9 Å². The zero-order valence-corrected chi connectivity index (χ0v) is 16.3. The molecule has 0 spiro atoms. The van der Waals surface area contributed by atoms with Crippen LogP contribution >= 0.6 is 0 Å². The van der Waals surface area contributed by atoms with Gasteiger partial charge < -0.3 is 4.74 Å². The number of hydrogen-bond acceptors (Lipinski definition) is 5. The van der Waals surface area contributed by atoms with Crippen LogP contribution in [0.2, 0.25) is 0 Å². The van der Waals surface area contributed by atoms with Crippen LogP contribution in [-0.2, 0) is 20.7 Å². The third kappa shape index (κ3) is 3.49. The number of para-hydroxylation sites is 1. The summed E-state index contributed by atoms with van der Waals surface area (Å²) in [5.41, 5.74) is 3.61. The number of tetrazole rings is 1. The summed E-state index contributed by atoms with van der Waals surface area (Å²) in [6, 6.07) is 14.7. The van der Waals surface area contributed by atoms with Crippen molar-refractivity contribution >= 4 is 0 Å². The quantitative estimate of drug-likeness (QED) is 0.555. The molecule has 0 amide bonds. The van der Waals surface area contributed by atoms with Gasteiger partial charge in [-0.05, 0) is 47.2 Å². The average molecular weight is 392 g/mol. The molecule has 0 fully saturated rings. The first-order valence-electron chi connectivity index (χ1n) is 9.01. The highest BCUT2D eigenvalue weighted by Gasteiger charge is 2.12. The topological polar surface area (TPSA) is 99.7 Å². The van der Waals surface area contributed by atoms with Crippen molar-refractivity contribution in [1.82, 2.24) is 29.6 Å². The summed E-state index contributed by atoms with van der Waals surface area (Å²) in [5, 5.41) is 10.7. The summed E-state index contributed by atoms with van der Waals surface area (Å²) < 4.78 is 9.86. The molecule has 9 heteroatoms. The Balaban J connectivity index is 1.58. The SMILES string of the molecule is Cc1cc(-c2cc(=O)n(C)[nH]2)ccc1OCc1ccccc1-n1nnn(C)c1=O. The Bertz CT molecular complexity index is 1290. The lowest BCUT2D eigenvalue weighted by Crippen LogP contribution is -2.23. The first-order chi connectivity index (χ1) is 13.9. The van der Waals surface area contributed by atoms with Gasteiger partial charge in [-0.25, -0.2) is 4.79 Å². The third-order valence-electron chi connectivity index (χ3n) is 4.70. The van der Waals surface area contributed by atoms with E-state index in [0.717, 1.165) is 22.4 Å². The number of H-pyrrole nitrogens is 1. The summed E-state index contributed by atoms with van der Waals surface area (Å²) >= 11 is 0. The Hall–Kier alpha value is -3.88. The van der Waals surface area contributed by atoms with Crippen LogP contribution in [0.3, 0.4) is 0 Å². The number of aromatic amines is 1. The van der Waals surface area contributed by atoms with E-state index in [4.69, 9.17) is 4.74 Å². The molecule has 148 valence electrons. The molecule has 29 heavy (non-hydrogen) atoms. The summed E-state index contributed by atoms with van der Waals surface area (Å²) in [6.45, 7) is 2.21. The van der Waals surface area contributed by atoms with E-state index in [1.807, 2.05) is 43.3 Å². The fourth-order valence-corrected chi connectivity index (χ4v) is 3.07. The largest absolute Gasteiger partial charge is 0.489 e. The maximum absolute atomic E-state index is 12.2. The zero-order chi connectivity index (χ0) is 20.5. The maximum atomic E-state index is 12.2. The van der Waals surface area contributed by atoms with Crippen LogP contribution in [0.15, 0.2) is 58.1 Å². The first-order valence-corrected chi connectivity index (χ1v) is 9.01. The summed E-state index contributed by atoms with van der Waals surface area (Å²) in [4.78, 5) is 23.9. The van der Waals surface area contributed by atoms with Crippen molar-refractivity contribution in [2.45, 2.75) is 13.5 Å². The van der Waals surface area contributed by atoms with Gasteiger partial charge >= 0.3 is 5.69 Å². The molecule has 2 heterocycles. The van der Waals surface area contributed by atoms with Gasteiger partial charge in [0.2, 0.25) is 0 Å². The second-order valence-electron chi connectivity index (χ2n) is 6.76. The molecule has 0 aliphatic heterocycles. The fourth-order valence-electron chi connectivity index (χ4n) is 3.07. The maximum Gasteiger partial charge on any atom is 0.368 e. The van der Waals surface area contributed by atoms with Gasteiger partial charge in [-0.1, -0.05) is 18.2 Å². The van der Waals surface area contributed by atoms with Crippen molar-refractivity contribution in [3.05, 3.63) is 80.5 Å². The first kappa shape index (κ1) is 18.5. The van der Waals surface area contributed by atoms with Gasteiger partial charge in [0.15, 0.2) is 0 Å². The molecular formula is C20H20N6O3. The highest BCUT2D eigenvalue weighted by molar-refractivity contribution is 5.61. The van der Waals surface area contributed by atoms with Gasteiger partial charge in [-0.3, -0.25) is 14.6 Å². The molecule has 0 saturated heterocycles. The Morgan fingerprint density at radius 1 is 1.03 bits per heavy atom. The van der Waals surface area contributed by atoms with Gasteiger partial charge in [0.05, 0.1) is 11.4 Å². The predicted octanol–water partition coefficient (Wildman–Crippen LogP) is 1.55. The van der Waals surface area contributed by atoms with Gasteiger partial charge in [0, 0.05) is 31.3 Å². The molecule has 2 aromatic heterocycles. The molecule has 0 aliphatic carbocycles. The molecule has 4 aromatic rings. The predicted molar refractivity (Wildman–Crippen MR) is 107 cm³/mol. The molecule has 1 N–H and O–H groups in total. The van der Waals surface area contributed by atoms with E-state index in [1.165, 1.54) is 14.0 Å². The van der Waals surface area contributed by atoms with Crippen molar-refractivity contribution < 1.29 is 4.74 Å². The number of ether oxygens (including phenoxy) is 1. The third-order valence-corrected chi connectivity index (χ3v) is 4.70. The van der Waals surface area contributed by atoms with E-state index in [2.05, 4.69) is 15.5 Å². The van der Waals surface area contributed by atoms with Crippen molar-refractivity contribution in [3.63, 3.8) is 0 Å². The number of nitrogens with zero attached hydrogens (tertiary/aromatic N) is 5. The highest BCUT2D eigenvalue weighted by atomic mass is 16.5. The van der Waals surface area contributed by atoms with E-state index >= 15 is 0 Å². The Morgan fingerprint density at radius 2 is 1.83 bits per heavy atom. The molecular weight excluding hydrogens is 372 g/mol. The van der Waals surface area contributed by atoms with Crippen LogP contribution in [0, 0.1) is 6.92 Å². The number of aryl methyl sites for hydroxylation is 3. The molecule has 0 atom stereocenters. The van der Waals surface area contributed by atoms with Gasteiger partial charge in [0.1, 0.15) is 12.4 Å². The monoisotopic (exact) mass is 392 g/mol. The molecule has 0 bridgehead atoms. The normalized spacial score (nSPS) is 11.0. The highest BCUT2D eigenvalue weighted by Crippen LogP contribution is 2.26. The molecule has 4 rings (SSSR count). The van der Waals surface area contributed by atoms with Crippen LogP contribution in [-0.4, -0.2) is 29.6 Å². The number of hydrogen-bond donors (Lipinski definition) is 1. The number of aromatic nitrogens is 6. The minimum atomic E-state index is -0.324. The zero-order valence-electron chi connectivity index (χ0n) is 16.3. The van der Waals surface area contributed by atoms with Crippen LogP contribution < -0.4 is 16.0 Å². The van der Waals surface area contributed by atoms with E-state index in [0.29, 0.717) is 11.4 Å². The Morgan fingerprint density at radius 3 is 2.48 bits per heavy atom. The molecule has 0 saturated carbocycles. The van der Waals surface area contributed by atoms with Crippen molar-refractivity contribution in [3.8, 4) is 22.7 Å². The summed E-state index contributed by atoms with van der Waals surface area (Å²) in [7, 11) is 3.23. The molecule has 0 radical (unpaired) electrons. The van der Waals surface area contributed by atoms with E-state index in [9.17, 15) is 9.59 Å². The summed E-state index contributed by atoms with van der Waals surface area (Å²) in [5.74, 6) is 0.716. The van der Waals surface area contributed by atoms with Gasteiger partial charge in [-0.2, -0.15) is 9.36 Å². The lowest BCUT2D eigenvalue weighted by molar-refractivity contribution is 0.303. The minimum absolute atomic E-state index is 0.0890. The Labute approximate surface area is 165 Å². The lowest BCUT2D eigenvalue weighted by atomic mass is 10.1. The fraction of sp³-hybridized carbons (Fsp3) is 0.200. The summed E-state index contributed by atoms with van der Waals surface area (Å²) in [6.07, 6.45) is 0. The van der Waals surface area contributed by atoms with E-state index in [1.54, 1.807) is 26.2 Å². The molecule has 9 nitrogen and oxygen atoms in total. The van der Waals surface area contributed by atoms with Gasteiger partial charge in [-0.15, -0.1) is 0 Å². The second-order valence-corrected chi connectivity index (χ2v) is 6.76. The van der Waals surface area contributed by atoms with Gasteiger partial charge in [0.25, 0.3) is 5.56 Å². The number of benzene rings is 2. The second kappa shape index (κ2) is 7.27. The number of rotatable bonds is 5. The van der Waals surface area contributed by atoms with Crippen LogP contribution in [0.5, 0.6) is 5.75 Å². The smallest absolute Gasteiger partial charge is 0.368 e. The Kier molecular flexibility index (Phi) is 4.63. The standard InChI is InChI=1S/C20H20N6O3/c1-13-10-14(16-11-19(27)24(2)21-16)8-9-18(13)29-12-15-6-4-5-7-17(15)26-20(28)25(3)22-23-26/h4-11,21H,12H2,1-3H3. The minimum Gasteiger partial charge on any atom is -0.489 e. The van der Waals surface area contributed by atoms with Crippen molar-refractivity contribution in [2.75, 3.05) is 0 Å². The average Bonchev–Trinajstić information content (AvgIpc) is 3.22. The number of nitrogens with one attached hydrogen (secondary N) is 1. The van der Waals surface area contributed by atoms with E-state index in [-0.39, 0.29) is 17.9 Å². The van der Waals surface area contributed by atoms with Crippen molar-refractivity contribution in [2.24, 2.45) is 14.1 Å². The lowest BCUT2D eigenvalue weighted by Gasteiger charge is -2.12.